The molecule has 1 aliphatic rings. The number of aromatic nitrogens is 1. The van der Waals surface area contributed by atoms with Crippen molar-refractivity contribution in [2.45, 2.75) is 12.6 Å². The number of anilines is 1. The number of aliphatic hydroxyl groups is 1. The molecule has 1 aliphatic heterocycles. The Bertz CT molecular complexity index is 1350. The first kappa shape index (κ1) is 21.6. The van der Waals surface area contributed by atoms with E-state index in [0.29, 0.717) is 28.6 Å². The van der Waals surface area contributed by atoms with E-state index in [4.69, 9.17) is 4.74 Å². The Kier molecular flexibility index (Phi) is 5.93. The minimum absolute atomic E-state index is 0.0200. The molecule has 1 fully saturated rings. The second-order valence-electron chi connectivity index (χ2n) is 7.70. The maximum atomic E-state index is 13.1. The smallest absolute Gasteiger partial charge is 0.301 e. The molecule has 168 valence electrons. The number of carbonyl (C=O) groups is 2. The minimum atomic E-state index is -0.841. The van der Waals surface area contributed by atoms with Gasteiger partial charge in [0, 0.05) is 17.1 Å². The zero-order valence-electron chi connectivity index (χ0n) is 18.0. The van der Waals surface area contributed by atoms with Crippen LogP contribution in [0.5, 0.6) is 5.75 Å². The van der Waals surface area contributed by atoms with Gasteiger partial charge in [-0.15, -0.1) is 11.3 Å². The molecule has 0 spiro atoms. The third-order valence-corrected chi connectivity index (χ3v) is 6.31. The van der Waals surface area contributed by atoms with E-state index in [2.05, 4.69) is 4.98 Å². The summed E-state index contributed by atoms with van der Waals surface area (Å²) >= 11 is 1.25. The number of ether oxygens (including phenoxy) is 1. The van der Waals surface area contributed by atoms with E-state index in [1.807, 2.05) is 48.5 Å². The van der Waals surface area contributed by atoms with Gasteiger partial charge in [0.25, 0.3) is 5.78 Å². The van der Waals surface area contributed by atoms with Gasteiger partial charge in [0.2, 0.25) is 0 Å². The van der Waals surface area contributed by atoms with E-state index in [9.17, 15) is 14.7 Å². The number of rotatable bonds is 6. The molecule has 0 saturated carbocycles. The average Bonchev–Trinajstić information content (AvgIpc) is 3.50. The third kappa shape index (κ3) is 4.09. The molecule has 0 bridgehead atoms. The van der Waals surface area contributed by atoms with Gasteiger partial charge in [0.15, 0.2) is 5.13 Å². The number of ketones is 1. The molecule has 1 saturated heterocycles. The van der Waals surface area contributed by atoms with Crippen molar-refractivity contribution in [2.24, 2.45) is 0 Å². The molecule has 1 N–H and O–H groups in total. The molecule has 2 heterocycles. The van der Waals surface area contributed by atoms with Crippen LogP contribution in [-0.4, -0.2) is 21.8 Å². The van der Waals surface area contributed by atoms with E-state index in [1.54, 1.807) is 48.0 Å². The first-order chi connectivity index (χ1) is 16.6. The highest BCUT2D eigenvalue weighted by Gasteiger charge is 2.48. The number of thiazole rings is 1. The number of hydrogen-bond acceptors (Lipinski definition) is 6. The summed E-state index contributed by atoms with van der Waals surface area (Å²) < 4.78 is 5.97. The average molecular weight is 469 g/mol. The predicted molar refractivity (Wildman–Crippen MR) is 131 cm³/mol. The van der Waals surface area contributed by atoms with Crippen LogP contribution < -0.4 is 9.64 Å². The second kappa shape index (κ2) is 9.33. The van der Waals surface area contributed by atoms with Crippen LogP contribution >= 0.6 is 11.3 Å². The van der Waals surface area contributed by atoms with Crippen molar-refractivity contribution in [3.05, 3.63) is 119 Å². The Hall–Kier alpha value is -4.23. The van der Waals surface area contributed by atoms with Crippen LogP contribution in [-0.2, 0) is 16.2 Å². The molecule has 1 atom stereocenters. The molecule has 7 heteroatoms. The van der Waals surface area contributed by atoms with Crippen molar-refractivity contribution >= 4 is 33.9 Å². The predicted octanol–water partition coefficient (Wildman–Crippen LogP) is 5.35. The first-order valence-electron chi connectivity index (χ1n) is 10.7. The quantitative estimate of drug-likeness (QED) is 0.234. The lowest BCUT2D eigenvalue weighted by Gasteiger charge is -2.23. The van der Waals surface area contributed by atoms with Gasteiger partial charge in [-0.2, -0.15) is 0 Å². The summed E-state index contributed by atoms with van der Waals surface area (Å²) in [5.41, 5.74) is 2.14. The van der Waals surface area contributed by atoms with Gasteiger partial charge >= 0.3 is 5.91 Å². The van der Waals surface area contributed by atoms with Crippen LogP contribution in [0.1, 0.15) is 22.7 Å². The number of aliphatic hydroxyl groups excluding tert-OH is 1. The maximum absolute atomic E-state index is 13.1. The molecule has 1 aromatic heterocycles. The Morgan fingerprint density at radius 1 is 0.971 bits per heavy atom. The van der Waals surface area contributed by atoms with Crippen LogP contribution in [0.15, 0.2) is 102 Å². The maximum Gasteiger partial charge on any atom is 0.301 e. The van der Waals surface area contributed by atoms with E-state index < -0.39 is 17.7 Å². The SMILES string of the molecule is O=C1C(=O)N(c2nccs2)C(c2cccc(OCc3ccccc3)c2)/C1=C(\O)c1ccccc1. The Morgan fingerprint density at radius 2 is 1.71 bits per heavy atom. The number of hydrogen-bond donors (Lipinski definition) is 1. The van der Waals surface area contributed by atoms with Gasteiger partial charge in [0.1, 0.15) is 18.1 Å². The lowest BCUT2D eigenvalue weighted by atomic mass is 9.95. The van der Waals surface area contributed by atoms with Gasteiger partial charge in [-0.25, -0.2) is 4.98 Å². The van der Waals surface area contributed by atoms with Crippen molar-refractivity contribution in [2.75, 3.05) is 4.90 Å². The molecule has 34 heavy (non-hydrogen) atoms. The van der Waals surface area contributed by atoms with Gasteiger partial charge in [0.05, 0.1) is 11.6 Å². The molecule has 6 nitrogen and oxygen atoms in total. The summed E-state index contributed by atoms with van der Waals surface area (Å²) in [4.78, 5) is 31.8. The van der Waals surface area contributed by atoms with Gasteiger partial charge < -0.3 is 9.84 Å². The molecule has 1 amide bonds. The molecule has 5 rings (SSSR count). The Morgan fingerprint density at radius 3 is 2.41 bits per heavy atom. The van der Waals surface area contributed by atoms with Crippen molar-refractivity contribution in [3.63, 3.8) is 0 Å². The van der Waals surface area contributed by atoms with Crippen molar-refractivity contribution in [3.8, 4) is 5.75 Å². The molecule has 0 radical (unpaired) electrons. The fourth-order valence-electron chi connectivity index (χ4n) is 3.95. The van der Waals surface area contributed by atoms with Crippen LogP contribution in [0.2, 0.25) is 0 Å². The highest BCUT2D eigenvalue weighted by atomic mass is 32.1. The van der Waals surface area contributed by atoms with Gasteiger partial charge in [-0.3, -0.25) is 14.5 Å². The summed E-state index contributed by atoms with van der Waals surface area (Å²) in [6, 6.07) is 24.9. The summed E-state index contributed by atoms with van der Waals surface area (Å²) in [5, 5.41) is 13.2. The summed E-state index contributed by atoms with van der Waals surface area (Å²) in [5.74, 6) is -1.12. The Labute approximate surface area is 200 Å². The molecule has 1 unspecified atom stereocenters. The van der Waals surface area contributed by atoms with Crippen LogP contribution in [0, 0.1) is 0 Å². The molecule has 0 aliphatic carbocycles. The monoisotopic (exact) mass is 468 g/mol. The van der Waals surface area contributed by atoms with Crippen LogP contribution in [0.4, 0.5) is 5.13 Å². The lowest BCUT2D eigenvalue weighted by Crippen LogP contribution is -2.29. The number of benzene rings is 3. The summed E-state index contributed by atoms with van der Waals surface area (Å²) in [6.07, 6.45) is 1.58. The number of amides is 1. The third-order valence-electron chi connectivity index (χ3n) is 5.54. The lowest BCUT2D eigenvalue weighted by molar-refractivity contribution is -0.132. The fraction of sp³-hybridized carbons (Fsp3) is 0.0741. The summed E-state index contributed by atoms with van der Waals surface area (Å²) in [7, 11) is 0. The van der Waals surface area contributed by atoms with E-state index in [0.717, 1.165) is 5.56 Å². The second-order valence-corrected chi connectivity index (χ2v) is 8.57. The topological polar surface area (TPSA) is 79.7 Å². The van der Waals surface area contributed by atoms with Crippen molar-refractivity contribution in [1.82, 2.24) is 4.98 Å². The normalized spacial score (nSPS) is 17.2. The first-order valence-corrected chi connectivity index (χ1v) is 11.5. The van der Waals surface area contributed by atoms with E-state index in [1.165, 1.54) is 16.2 Å². The van der Waals surface area contributed by atoms with Gasteiger partial charge in [-0.05, 0) is 23.3 Å². The largest absolute Gasteiger partial charge is 0.507 e. The van der Waals surface area contributed by atoms with Crippen LogP contribution in [0.3, 0.4) is 0 Å². The Balaban J connectivity index is 1.58. The van der Waals surface area contributed by atoms with Crippen molar-refractivity contribution in [1.29, 1.82) is 0 Å². The number of carbonyl (C=O) groups excluding carboxylic acids is 2. The minimum Gasteiger partial charge on any atom is -0.507 e. The number of nitrogens with zero attached hydrogens (tertiary/aromatic N) is 2. The summed E-state index contributed by atoms with van der Waals surface area (Å²) in [6.45, 7) is 0.376. The van der Waals surface area contributed by atoms with E-state index in [-0.39, 0.29) is 11.3 Å². The highest BCUT2D eigenvalue weighted by molar-refractivity contribution is 7.14. The molecular formula is C27H20N2O4S. The molecule has 3 aromatic carbocycles. The number of Topliss-reactive ketones (excluding diaryl/α,β-unsaturated/α-hetero) is 1. The standard InChI is InChI=1S/C27H20N2O4S/c30-24(19-10-5-2-6-11-19)22-23(29(26(32)25(22)31)27-28-14-15-34-27)20-12-7-13-21(16-20)33-17-18-8-3-1-4-9-18/h1-16,23,30H,17H2/b24-22+. The van der Waals surface area contributed by atoms with Crippen molar-refractivity contribution < 1.29 is 19.4 Å². The zero-order chi connectivity index (χ0) is 23.5. The molecular weight excluding hydrogens is 448 g/mol. The fourth-order valence-corrected chi connectivity index (χ4v) is 4.61. The van der Waals surface area contributed by atoms with E-state index >= 15 is 0 Å². The zero-order valence-corrected chi connectivity index (χ0v) is 18.8. The van der Waals surface area contributed by atoms with Gasteiger partial charge in [-0.1, -0.05) is 72.8 Å². The molecule has 4 aromatic rings. The van der Waals surface area contributed by atoms with Crippen LogP contribution in [0.25, 0.3) is 5.76 Å². The highest BCUT2D eigenvalue weighted by Crippen LogP contribution is 2.43.